The van der Waals surface area contributed by atoms with E-state index in [2.05, 4.69) is 20.9 Å². The van der Waals surface area contributed by atoms with Gasteiger partial charge in [-0.1, -0.05) is 0 Å². The van der Waals surface area contributed by atoms with Crippen LogP contribution in [-0.2, 0) is 4.79 Å². The summed E-state index contributed by atoms with van der Waals surface area (Å²) in [7, 11) is 0. The van der Waals surface area contributed by atoms with Crippen LogP contribution in [0.2, 0.25) is 0 Å². The predicted molar refractivity (Wildman–Crippen MR) is 78.6 cm³/mol. The zero-order chi connectivity index (χ0) is 15.0. The zero-order valence-corrected chi connectivity index (χ0v) is 12.2. The molecular weight excluding hydrogens is 256 g/mol. The van der Waals surface area contributed by atoms with Crippen LogP contribution in [0, 0.1) is 0 Å². The van der Waals surface area contributed by atoms with Gasteiger partial charge in [-0.25, -0.2) is 4.98 Å². The van der Waals surface area contributed by atoms with Crippen molar-refractivity contribution in [3.8, 4) is 0 Å². The topological polar surface area (TPSA) is 83.1 Å². The fourth-order valence-corrected chi connectivity index (χ4v) is 1.61. The van der Waals surface area contributed by atoms with Crippen molar-refractivity contribution in [1.29, 1.82) is 0 Å². The van der Waals surface area contributed by atoms with Crippen LogP contribution in [0.5, 0.6) is 0 Å². The smallest absolute Gasteiger partial charge is 0.269 e. The molecule has 0 bridgehead atoms. The molecule has 1 aromatic heterocycles. The lowest BCUT2D eigenvalue weighted by molar-refractivity contribution is -0.121. The number of rotatable bonds is 7. The zero-order valence-electron chi connectivity index (χ0n) is 12.2. The van der Waals surface area contributed by atoms with Gasteiger partial charge in [-0.15, -0.1) is 0 Å². The van der Waals surface area contributed by atoms with E-state index in [0.717, 1.165) is 12.2 Å². The van der Waals surface area contributed by atoms with Crippen LogP contribution in [0.1, 0.15) is 37.7 Å². The number of carbonyl (C=O) groups is 2. The van der Waals surface area contributed by atoms with E-state index in [4.69, 9.17) is 0 Å². The maximum atomic E-state index is 11.8. The average molecular weight is 278 g/mol. The minimum absolute atomic E-state index is 0.0734. The van der Waals surface area contributed by atoms with E-state index < -0.39 is 0 Å². The van der Waals surface area contributed by atoms with Crippen molar-refractivity contribution in [2.24, 2.45) is 0 Å². The van der Waals surface area contributed by atoms with Crippen LogP contribution in [0.4, 0.5) is 5.69 Å². The Bertz CT molecular complexity index is 443. The van der Waals surface area contributed by atoms with Crippen molar-refractivity contribution in [3.05, 3.63) is 24.0 Å². The number of aromatic nitrogens is 1. The van der Waals surface area contributed by atoms with E-state index in [1.807, 2.05) is 20.8 Å². The summed E-state index contributed by atoms with van der Waals surface area (Å²) in [5.41, 5.74) is 1.22. The molecule has 20 heavy (non-hydrogen) atoms. The van der Waals surface area contributed by atoms with Crippen molar-refractivity contribution >= 4 is 17.5 Å². The Morgan fingerprint density at radius 1 is 1.30 bits per heavy atom. The van der Waals surface area contributed by atoms with Crippen molar-refractivity contribution in [1.82, 2.24) is 15.6 Å². The highest BCUT2D eigenvalue weighted by Gasteiger charge is 2.08. The van der Waals surface area contributed by atoms with Gasteiger partial charge in [0.15, 0.2) is 0 Å². The molecule has 1 rings (SSSR count). The van der Waals surface area contributed by atoms with Gasteiger partial charge in [0.2, 0.25) is 5.91 Å². The van der Waals surface area contributed by atoms with Crippen molar-refractivity contribution < 1.29 is 9.59 Å². The van der Waals surface area contributed by atoms with Crippen LogP contribution in [0.25, 0.3) is 0 Å². The largest absolute Gasteiger partial charge is 0.384 e. The van der Waals surface area contributed by atoms with Gasteiger partial charge in [0.25, 0.3) is 5.91 Å². The highest BCUT2D eigenvalue weighted by Crippen LogP contribution is 2.05. The molecule has 1 heterocycles. The Morgan fingerprint density at radius 3 is 2.60 bits per heavy atom. The number of nitrogens with zero attached hydrogens (tertiary/aromatic N) is 1. The third kappa shape index (κ3) is 5.69. The maximum absolute atomic E-state index is 11.8. The van der Waals surface area contributed by atoms with Gasteiger partial charge in [0.05, 0.1) is 11.9 Å². The second kappa shape index (κ2) is 8.14. The normalized spacial score (nSPS) is 10.2. The molecule has 0 unspecified atom stereocenters. The third-order valence-electron chi connectivity index (χ3n) is 2.46. The SMILES string of the molecule is CCNc1ccc(C(=O)NCCC(=O)NC(C)C)nc1. The lowest BCUT2D eigenvalue weighted by Gasteiger charge is -2.09. The fourth-order valence-electron chi connectivity index (χ4n) is 1.61. The molecular formula is C14H22N4O2. The first-order valence-corrected chi connectivity index (χ1v) is 6.80. The minimum atomic E-state index is -0.273. The summed E-state index contributed by atoms with van der Waals surface area (Å²) in [5, 5.41) is 8.54. The van der Waals surface area contributed by atoms with Gasteiger partial charge in [0, 0.05) is 25.6 Å². The summed E-state index contributed by atoms with van der Waals surface area (Å²) in [4.78, 5) is 27.3. The highest BCUT2D eigenvalue weighted by atomic mass is 16.2. The van der Waals surface area contributed by atoms with Crippen LogP contribution in [0.15, 0.2) is 18.3 Å². The van der Waals surface area contributed by atoms with E-state index in [0.29, 0.717) is 12.2 Å². The summed E-state index contributed by atoms with van der Waals surface area (Å²) in [6, 6.07) is 3.57. The molecule has 0 aliphatic rings. The van der Waals surface area contributed by atoms with E-state index in [-0.39, 0.29) is 24.3 Å². The first-order valence-electron chi connectivity index (χ1n) is 6.80. The predicted octanol–water partition coefficient (Wildman–Crippen LogP) is 1.16. The number of carbonyl (C=O) groups excluding carboxylic acids is 2. The van der Waals surface area contributed by atoms with E-state index in [9.17, 15) is 9.59 Å². The fraction of sp³-hybridized carbons (Fsp3) is 0.500. The summed E-state index contributed by atoms with van der Waals surface area (Å²) in [5.74, 6) is -0.346. The summed E-state index contributed by atoms with van der Waals surface area (Å²) in [6.45, 7) is 6.88. The number of hydrogen-bond acceptors (Lipinski definition) is 4. The number of anilines is 1. The number of pyridine rings is 1. The molecule has 0 radical (unpaired) electrons. The second-order valence-electron chi connectivity index (χ2n) is 4.69. The molecule has 0 aliphatic heterocycles. The molecule has 1 aromatic rings. The summed E-state index contributed by atoms with van der Waals surface area (Å²) >= 11 is 0. The molecule has 6 heteroatoms. The lowest BCUT2D eigenvalue weighted by atomic mass is 10.3. The molecule has 6 nitrogen and oxygen atoms in total. The van der Waals surface area contributed by atoms with Crippen molar-refractivity contribution in [3.63, 3.8) is 0 Å². The monoisotopic (exact) mass is 278 g/mol. The Labute approximate surface area is 119 Å². The Hall–Kier alpha value is -2.11. The maximum Gasteiger partial charge on any atom is 0.269 e. The Kier molecular flexibility index (Phi) is 6.49. The quantitative estimate of drug-likeness (QED) is 0.699. The van der Waals surface area contributed by atoms with Crippen LogP contribution < -0.4 is 16.0 Å². The van der Waals surface area contributed by atoms with Gasteiger partial charge in [-0.05, 0) is 32.9 Å². The molecule has 0 spiro atoms. The molecule has 110 valence electrons. The average Bonchev–Trinajstić information content (AvgIpc) is 2.39. The third-order valence-corrected chi connectivity index (χ3v) is 2.46. The van der Waals surface area contributed by atoms with Gasteiger partial charge in [0.1, 0.15) is 5.69 Å². The minimum Gasteiger partial charge on any atom is -0.384 e. The molecule has 0 aliphatic carbocycles. The molecule has 0 saturated heterocycles. The first kappa shape index (κ1) is 15.9. The van der Waals surface area contributed by atoms with E-state index in [1.54, 1.807) is 18.3 Å². The van der Waals surface area contributed by atoms with Crippen LogP contribution in [0.3, 0.4) is 0 Å². The van der Waals surface area contributed by atoms with E-state index >= 15 is 0 Å². The standard InChI is InChI=1S/C14H22N4O2/c1-4-15-11-5-6-12(17-9-11)14(20)16-8-7-13(19)18-10(2)3/h5-6,9-10,15H,4,7-8H2,1-3H3,(H,16,20)(H,18,19). The number of amides is 2. The molecule has 0 aromatic carbocycles. The van der Waals surface area contributed by atoms with Crippen LogP contribution in [-0.4, -0.2) is 35.9 Å². The summed E-state index contributed by atoms with van der Waals surface area (Å²) < 4.78 is 0. The molecule has 0 saturated carbocycles. The van der Waals surface area contributed by atoms with Gasteiger partial charge < -0.3 is 16.0 Å². The van der Waals surface area contributed by atoms with Gasteiger partial charge in [-0.3, -0.25) is 9.59 Å². The van der Waals surface area contributed by atoms with Crippen molar-refractivity contribution in [2.45, 2.75) is 33.2 Å². The van der Waals surface area contributed by atoms with Gasteiger partial charge >= 0.3 is 0 Å². The molecule has 0 atom stereocenters. The van der Waals surface area contributed by atoms with Gasteiger partial charge in [-0.2, -0.15) is 0 Å². The van der Waals surface area contributed by atoms with Crippen molar-refractivity contribution in [2.75, 3.05) is 18.4 Å². The second-order valence-corrected chi connectivity index (χ2v) is 4.69. The highest BCUT2D eigenvalue weighted by molar-refractivity contribution is 5.92. The Balaban J connectivity index is 2.37. The van der Waals surface area contributed by atoms with E-state index in [1.165, 1.54) is 0 Å². The molecule has 0 fully saturated rings. The number of hydrogen-bond donors (Lipinski definition) is 3. The molecule has 2 amide bonds. The first-order chi connectivity index (χ1) is 9.52. The number of nitrogens with one attached hydrogen (secondary N) is 3. The molecule has 3 N–H and O–H groups in total. The van der Waals surface area contributed by atoms with Crippen LogP contribution >= 0.6 is 0 Å². The lowest BCUT2D eigenvalue weighted by Crippen LogP contribution is -2.34. The Morgan fingerprint density at radius 2 is 2.05 bits per heavy atom. The summed E-state index contributed by atoms with van der Waals surface area (Å²) in [6.07, 6.45) is 1.88.